The molecular formula is C32H33N5O5. The summed E-state index contributed by atoms with van der Waals surface area (Å²) in [5.74, 6) is -0.877. The minimum Gasteiger partial charge on any atom is -0.494 e. The van der Waals surface area contributed by atoms with Crippen molar-refractivity contribution in [2.24, 2.45) is 5.73 Å². The van der Waals surface area contributed by atoms with Crippen molar-refractivity contribution >= 4 is 29.1 Å². The maximum absolute atomic E-state index is 13.3. The van der Waals surface area contributed by atoms with Gasteiger partial charge in [0.1, 0.15) is 12.4 Å². The number of carbonyl (C=O) groups excluding carboxylic acids is 3. The van der Waals surface area contributed by atoms with E-state index in [1.54, 1.807) is 49.5 Å². The molecule has 216 valence electrons. The van der Waals surface area contributed by atoms with Gasteiger partial charge < -0.3 is 25.8 Å². The highest BCUT2D eigenvalue weighted by molar-refractivity contribution is 6.10. The van der Waals surface area contributed by atoms with Gasteiger partial charge in [-0.15, -0.1) is 0 Å². The number of nitrogens with zero attached hydrogens (tertiary/aromatic N) is 2. The molecule has 2 aromatic heterocycles. The number of hydrogen-bond donors (Lipinski definition) is 3. The van der Waals surface area contributed by atoms with Crippen LogP contribution in [-0.4, -0.2) is 34.8 Å². The number of primary amides is 1. The smallest absolute Gasteiger partial charge is 0.257 e. The Hall–Kier alpha value is -5.25. The fourth-order valence-electron chi connectivity index (χ4n) is 4.11. The lowest BCUT2D eigenvalue weighted by molar-refractivity contribution is 0.0990. The third-order valence-corrected chi connectivity index (χ3v) is 6.49. The molecule has 2 aromatic carbocycles. The van der Waals surface area contributed by atoms with E-state index in [4.69, 9.17) is 15.2 Å². The zero-order chi connectivity index (χ0) is 30.4. The predicted octanol–water partition coefficient (Wildman–Crippen LogP) is 5.27. The highest BCUT2D eigenvalue weighted by Crippen LogP contribution is 2.35. The van der Waals surface area contributed by atoms with Crippen molar-refractivity contribution in [3.05, 3.63) is 107 Å². The zero-order valence-electron chi connectivity index (χ0n) is 24.1. The van der Waals surface area contributed by atoms with Crippen LogP contribution in [0.5, 0.6) is 11.5 Å². The zero-order valence-corrected chi connectivity index (χ0v) is 24.1. The summed E-state index contributed by atoms with van der Waals surface area (Å²) in [7, 11) is 1.39. The molecule has 4 rings (SSSR count). The highest BCUT2D eigenvalue weighted by atomic mass is 16.5. The van der Waals surface area contributed by atoms with Gasteiger partial charge in [0.05, 0.1) is 40.9 Å². The minimum absolute atomic E-state index is 0.146. The normalized spacial score (nSPS) is 11.0. The van der Waals surface area contributed by atoms with E-state index in [0.29, 0.717) is 23.7 Å². The van der Waals surface area contributed by atoms with Gasteiger partial charge in [-0.25, -0.2) is 0 Å². The lowest BCUT2D eigenvalue weighted by Crippen LogP contribution is -2.21. The Balaban J connectivity index is 1.51. The Labute approximate surface area is 244 Å². The topological polar surface area (TPSA) is 146 Å². The molecule has 3 amide bonds. The number of nitrogens with two attached hydrogens (primary N) is 1. The third-order valence-electron chi connectivity index (χ3n) is 6.49. The highest BCUT2D eigenvalue weighted by Gasteiger charge is 2.24. The summed E-state index contributed by atoms with van der Waals surface area (Å²) in [4.78, 5) is 47.1. The maximum Gasteiger partial charge on any atom is 0.257 e. The molecule has 0 aliphatic carbocycles. The molecule has 4 N–H and O–H groups in total. The average molecular weight is 568 g/mol. The molecule has 10 nitrogen and oxygen atoms in total. The molecule has 0 unspecified atom stereocenters. The van der Waals surface area contributed by atoms with Crippen LogP contribution in [-0.2, 0) is 12.0 Å². The number of amides is 3. The van der Waals surface area contributed by atoms with Crippen LogP contribution in [0, 0.1) is 6.92 Å². The van der Waals surface area contributed by atoms with Crippen LogP contribution in [0.3, 0.4) is 0 Å². The first kappa shape index (κ1) is 29.7. The average Bonchev–Trinajstić information content (AvgIpc) is 2.96. The number of benzene rings is 2. The van der Waals surface area contributed by atoms with Gasteiger partial charge in [-0.2, -0.15) is 0 Å². The first-order chi connectivity index (χ1) is 20.0. The molecule has 0 atom stereocenters. The number of nitrogens with one attached hydrogen (secondary N) is 2. The second-order valence-electron chi connectivity index (χ2n) is 10.6. The van der Waals surface area contributed by atoms with Gasteiger partial charge in [-0.1, -0.05) is 26.8 Å². The molecule has 0 fully saturated rings. The molecule has 4 aromatic rings. The summed E-state index contributed by atoms with van der Waals surface area (Å²) in [5, 5.41) is 5.62. The van der Waals surface area contributed by atoms with Crippen molar-refractivity contribution in [2.75, 3.05) is 17.7 Å². The molecule has 42 heavy (non-hydrogen) atoms. The number of carbonyl (C=O) groups is 3. The lowest BCUT2D eigenvalue weighted by Gasteiger charge is -2.23. The van der Waals surface area contributed by atoms with Gasteiger partial charge in [-0.3, -0.25) is 24.4 Å². The van der Waals surface area contributed by atoms with E-state index < -0.39 is 17.7 Å². The van der Waals surface area contributed by atoms with Crippen LogP contribution in [0.15, 0.2) is 73.1 Å². The van der Waals surface area contributed by atoms with Crippen molar-refractivity contribution in [2.45, 2.75) is 39.7 Å². The molecular weight excluding hydrogens is 534 g/mol. The second kappa shape index (κ2) is 12.5. The van der Waals surface area contributed by atoms with Crippen LogP contribution in [0.4, 0.5) is 11.4 Å². The number of hydrogen-bond acceptors (Lipinski definition) is 7. The summed E-state index contributed by atoms with van der Waals surface area (Å²) in [6.45, 7) is 7.93. The van der Waals surface area contributed by atoms with Gasteiger partial charge in [0.25, 0.3) is 17.7 Å². The number of aryl methyl sites for hydroxylation is 1. The SMILES string of the molecule is COc1c(NC(=O)c2cnc(C)c(C(=O)Nc3ccc(OCc4ccccn4)cc3)c2)cc(C(C)(C)C)cc1C(N)=O. The Morgan fingerprint density at radius 3 is 2.26 bits per heavy atom. The minimum atomic E-state index is -0.683. The van der Waals surface area contributed by atoms with E-state index in [0.717, 1.165) is 11.3 Å². The predicted molar refractivity (Wildman–Crippen MR) is 160 cm³/mol. The molecule has 2 heterocycles. The summed E-state index contributed by atoms with van der Waals surface area (Å²) in [6, 6.07) is 17.4. The van der Waals surface area contributed by atoms with Gasteiger partial charge in [0, 0.05) is 18.1 Å². The Morgan fingerprint density at radius 2 is 1.64 bits per heavy atom. The van der Waals surface area contributed by atoms with Crippen LogP contribution >= 0.6 is 0 Å². The van der Waals surface area contributed by atoms with E-state index in [1.807, 2.05) is 39.0 Å². The van der Waals surface area contributed by atoms with Crippen molar-refractivity contribution < 1.29 is 23.9 Å². The summed E-state index contributed by atoms with van der Waals surface area (Å²) < 4.78 is 11.2. The van der Waals surface area contributed by atoms with Crippen molar-refractivity contribution in [3.8, 4) is 11.5 Å². The molecule has 0 spiro atoms. The van der Waals surface area contributed by atoms with E-state index in [-0.39, 0.29) is 33.5 Å². The molecule has 0 radical (unpaired) electrons. The van der Waals surface area contributed by atoms with Gasteiger partial charge in [0.2, 0.25) is 0 Å². The summed E-state index contributed by atoms with van der Waals surface area (Å²) in [6.07, 6.45) is 3.08. The molecule has 0 saturated carbocycles. The quantitative estimate of drug-likeness (QED) is 0.250. The van der Waals surface area contributed by atoms with Crippen molar-refractivity contribution in [1.82, 2.24) is 9.97 Å². The van der Waals surface area contributed by atoms with E-state index in [2.05, 4.69) is 20.6 Å². The van der Waals surface area contributed by atoms with Gasteiger partial charge in [-0.05, 0) is 72.5 Å². The third kappa shape index (κ3) is 7.08. The fourth-order valence-corrected chi connectivity index (χ4v) is 4.11. The van der Waals surface area contributed by atoms with Crippen LogP contribution in [0.25, 0.3) is 0 Å². The Bertz CT molecular complexity index is 1610. The number of rotatable bonds is 9. The summed E-state index contributed by atoms with van der Waals surface area (Å²) in [5.41, 5.74) is 8.63. The standard InChI is InChI=1S/C32H33N5O5/c1-19-25(31(40)36-22-9-11-24(12-10-22)42-18-23-8-6-7-13-34-23)14-20(17-35-19)30(39)37-27-16-21(32(2,3)4)15-26(29(33)38)28(27)41-5/h6-17H,18H2,1-5H3,(H2,33,38)(H,36,40)(H,37,39). The first-order valence-corrected chi connectivity index (χ1v) is 13.2. The molecule has 10 heteroatoms. The maximum atomic E-state index is 13.3. The van der Waals surface area contributed by atoms with Gasteiger partial charge >= 0.3 is 0 Å². The van der Waals surface area contributed by atoms with E-state index in [9.17, 15) is 14.4 Å². The van der Waals surface area contributed by atoms with Crippen LogP contribution in [0.2, 0.25) is 0 Å². The van der Waals surface area contributed by atoms with Crippen molar-refractivity contribution in [3.63, 3.8) is 0 Å². The second-order valence-corrected chi connectivity index (χ2v) is 10.6. The molecule has 0 aliphatic rings. The largest absolute Gasteiger partial charge is 0.494 e. The van der Waals surface area contributed by atoms with Crippen LogP contribution in [0.1, 0.15) is 68.8 Å². The number of pyridine rings is 2. The van der Waals surface area contributed by atoms with E-state index in [1.165, 1.54) is 19.4 Å². The number of anilines is 2. The first-order valence-electron chi connectivity index (χ1n) is 13.2. The molecule has 0 saturated heterocycles. The van der Waals surface area contributed by atoms with Gasteiger partial charge in [0.15, 0.2) is 5.75 Å². The van der Waals surface area contributed by atoms with Crippen LogP contribution < -0.4 is 25.8 Å². The summed E-state index contributed by atoms with van der Waals surface area (Å²) >= 11 is 0. The number of ether oxygens (including phenoxy) is 2. The number of methoxy groups -OCH3 is 1. The Kier molecular flexibility index (Phi) is 8.85. The van der Waals surface area contributed by atoms with E-state index >= 15 is 0 Å². The molecule has 0 bridgehead atoms. The monoisotopic (exact) mass is 567 g/mol. The fraction of sp³-hybridized carbons (Fsp3) is 0.219. The van der Waals surface area contributed by atoms with Crippen molar-refractivity contribution in [1.29, 1.82) is 0 Å². The lowest BCUT2D eigenvalue weighted by atomic mass is 9.85. The number of aromatic nitrogens is 2. The molecule has 0 aliphatic heterocycles. The Morgan fingerprint density at radius 1 is 0.905 bits per heavy atom.